The highest BCUT2D eigenvalue weighted by atomic mass is 32.2. The van der Waals surface area contributed by atoms with Gasteiger partial charge in [-0.3, -0.25) is 0 Å². The Balaban J connectivity index is 2.01. The van der Waals surface area contributed by atoms with Gasteiger partial charge < -0.3 is 9.47 Å². The molecule has 0 N–H and O–H groups in total. The van der Waals surface area contributed by atoms with Crippen molar-refractivity contribution in [2.24, 2.45) is 0 Å². The highest BCUT2D eigenvalue weighted by Gasteiger charge is 2.10. The first kappa shape index (κ1) is 17.0. The third-order valence-corrected chi connectivity index (χ3v) is 4.03. The zero-order valence-electron chi connectivity index (χ0n) is 13.0. The van der Waals surface area contributed by atoms with Gasteiger partial charge in [0.05, 0.1) is 18.4 Å². The maximum absolute atomic E-state index is 12.0. The fraction of sp³-hybridized carbons (Fsp3) is 0.235. The molecule has 0 aromatic heterocycles. The fourth-order valence-electron chi connectivity index (χ4n) is 2.09. The van der Waals surface area contributed by atoms with Crippen LogP contribution in [0.1, 0.15) is 21.5 Å². The summed E-state index contributed by atoms with van der Waals surface area (Å²) in [5.41, 5.74) is 1.78. The summed E-state index contributed by atoms with van der Waals surface area (Å²) in [6.07, 6.45) is 1.17. The number of ether oxygens (including phenoxy) is 2. The molecule has 0 heterocycles. The molecule has 0 spiro atoms. The van der Waals surface area contributed by atoms with E-state index in [9.17, 15) is 13.2 Å². The van der Waals surface area contributed by atoms with E-state index < -0.39 is 15.8 Å². The Morgan fingerprint density at radius 1 is 1.04 bits per heavy atom. The number of hydrogen-bond donors (Lipinski definition) is 0. The summed E-state index contributed by atoms with van der Waals surface area (Å²) in [6.45, 7) is 0.105. The summed E-state index contributed by atoms with van der Waals surface area (Å²) in [4.78, 5) is 12.0. The number of carbonyl (C=O) groups is 1. The molecule has 0 amide bonds. The average Bonchev–Trinajstić information content (AvgIpc) is 2.52. The molecule has 6 heteroatoms. The van der Waals surface area contributed by atoms with Crippen molar-refractivity contribution in [1.29, 1.82) is 0 Å². The highest BCUT2D eigenvalue weighted by Crippen LogP contribution is 2.19. The van der Waals surface area contributed by atoms with Crippen LogP contribution in [0, 0.1) is 0 Å². The normalized spacial score (nSPS) is 11.0. The van der Waals surface area contributed by atoms with Crippen molar-refractivity contribution in [2.45, 2.75) is 12.4 Å². The van der Waals surface area contributed by atoms with Gasteiger partial charge in [-0.1, -0.05) is 30.3 Å². The Morgan fingerprint density at radius 2 is 1.70 bits per heavy atom. The number of esters is 1. The SMILES string of the molecule is COc1ccccc1COC(=O)c1ccc(CS(C)(=O)=O)cc1. The number of methoxy groups -OCH3 is 1. The van der Waals surface area contributed by atoms with Gasteiger partial charge in [-0.05, 0) is 23.8 Å². The molecule has 0 aliphatic rings. The Hall–Kier alpha value is -2.34. The van der Waals surface area contributed by atoms with E-state index in [0.29, 0.717) is 16.9 Å². The van der Waals surface area contributed by atoms with E-state index >= 15 is 0 Å². The lowest BCUT2D eigenvalue weighted by atomic mass is 10.1. The van der Waals surface area contributed by atoms with Crippen LogP contribution in [0.2, 0.25) is 0 Å². The van der Waals surface area contributed by atoms with Crippen LogP contribution in [-0.4, -0.2) is 27.8 Å². The molecule has 5 nitrogen and oxygen atoms in total. The Bertz CT molecular complexity index is 779. The van der Waals surface area contributed by atoms with Gasteiger partial charge >= 0.3 is 5.97 Å². The smallest absolute Gasteiger partial charge is 0.338 e. The topological polar surface area (TPSA) is 69.7 Å². The lowest BCUT2D eigenvalue weighted by Crippen LogP contribution is -2.07. The van der Waals surface area contributed by atoms with E-state index in [0.717, 1.165) is 5.56 Å². The van der Waals surface area contributed by atoms with Gasteiger partial charge in [-0.2, -0.15) is 0 Å². The summed E-state index contributed by atoms with van der Waals surface area (Å²) in [7, 11) is -1.54. The molecule has 0 saturated carbocycles. The van der Waals surface area contributed by atoms with Gasteiger partial charge in [0.15, 0.2) is 9.84 Å². The largest absolute Gasteiger partial charge is 0.496 e. The maximum Gasteiger partial charge on any atom is 0.338 e. The fourth-order valence-corrected chi connectivity index (χ4v) is 2.89. The molecule has 0 fully saturated rings. The Kier molecular flexibility index (Phi) is 5.39. The molecule has 0 unspecified atom stereocenters. The number of sulfone groups is 1. The van der Waals surface area contributed by atoms with Crippen LogP contribution in [-0.2, 0) is 26.9 Å². The molecule has 0 radical (unpaired) electrons. The van der Waals surface area contributed by atoms with Gasteiger partial charge in [0.1, 0.15) is 12.4 Å². The first-order valence-corrected chi connectivity index (χ1v) is 9.01. The second kappa shape index (κ2) is 7.28. The van der Waals surface area contributed by atoms with Crippen molar-refractivity contribution in [3.8, 4) is 5.75 Å². The quantitative estimate of drug-likeness (QED) is 0.760. The Labute approximate surface area is 135 Å². The van der Waals surface area contributed by atoms with Crippen molar-refractivity contribution >= 4 is 15.8 Å². The zero-order valence-corrected chi connectivity index (χ0v) is 13.8. The van der Waals surface area contributed by atoms with Crippen LogP contribution < -0.4 is 4.74 Å². The predicted octanol–water partition coefficient (Wildman–Crippen LogP) is 2.60. The first-order chi connectivity index (χ1) is 10.9. The molecule has 0 aliphatic heterocycles. The monoisotopic (exact) mass is 334 g/mol. The molecular weight excluding hydrogens is 316 g/mol. The molecule has 2 rings (SSSR count). The molecule has 2 aromatic carbocycles. The van der Waals surface area contributed by atoms with Gasteiger partial charge in [-0.25, -0.2) is 13.2 Å². The lowest BCUT2D eigenvalue weighted by molar-refractivity contribution is 0.0470. The second-order valence-electron chi connectivity index (χ2n) is 5.15. The van der Waals surface area contributed by atoms with Crippen LogP contribution in [0.5, 0.6) is 5.75 Å². The third-order valence-electron chi connectivity index (χ3n) is 3.17. The van der Waals surface area contributed by atoms with E-state index in [-0.39, 0.29) is 12.4 Å². The summed E-state index contributed by atoms with van der Waals surface area (Å²) in [5.74, 6) is 0.134. The van der Waals surface area contributed by atoms with E-state index in [4.69, 9.17) is 9.47 Å². The lowest BCUT2D eigenvalue weighted by Gasteiger charge is -2.09. The number of rotatable bonds is 6. The summed E-state index contributed by atoms with van der Waals surface area (Å²) >= 11 is 0. The van der Waals surface area contributed by atoms with Crippen LogP contribution in [0.15, 0.2) is 48.5 Å². The highest BCUT2D eigenvalue weighted by molar-refractivity contribution is 7.89. The van der Waals surface area contributed by atoms with Crippen molar-refractivity contribution in [2.75, 3.05) is 13.4 Å². The third kappa shape index (κ3) is 5.10. The molecule has 0 aliphatic carbocycles. The average molecular weight is 334 g/mol. The minimum Gasteiger partial charge on any atom is -0.496 e. The van der Waals surface area contributed by atoms with Crippen LogP contribution in [0.25, 0.3) is 0 Å². The van der Waals surface area contributed by atoms with Gasteiger partial charge in [0, 0.05) is 11.8 Å². The van der Waals surface area contributed by atoms with Crippen LogP contribution >= 0.6 is 0 Å². The Morgan fingerprint density at radius 3 is 2.30 bits per heavy atom. The molecular formula is C17H18O5S. The number of carbonyl (C=O) groups excluding carboxylic acids is 1. The van der Waals surface area contributed by atoms with Crippen LogP contribution in [0.4, 0.5) is 0 Å². The molecule has 0 atom stereocenters. The minimum atomic E-state index is -3.09. The van der Waals surface area contributed by atoms with Gasteiger partial charge in [0.2, 0.25) is 0 Å². The molecule has 122 valence electrons. The molecule has 2 aromatic rings. The predicted molar refractivity (Wildman–Crippen MR) is 87.1 cm³/mol. The standard InChI is InChI=1S/C17H18O5S/c1-21-16-6-4-3-5-15(16)11-22-17(18)14-9-7-13(8-10-14)12-23(2,19)20/h3-10H,11-12H2,1-2H3. The molecule has 0 saturated heterocycles. The zero-order chi connectivity index (χ0) is 16.9. The summed E-state index contributed by atoms with van der Waals surface area (Å²) in [5, 5.41) is 0. The van der Waals surface area contributed by atoms with E-state index in [1.54, 1.807) is 37.4 Å². The second-order valence-corrected chi connectivity index (χ2v) is 7.30. The van der Waals surface area contributed by atoms with Gasteiger partial charge in [0.25, 0.3) is 0 Å². The summed E-state index contributed by atoms with van der Waals surface area (Å²) in [6, 6.07) is 13.6. The molecule has 23 heavy (non-hydrogen) atoms. The van der Waals surface area contributed by atoms with E-state index in [1.807, 2.05) is 18.2 Å². The number of para-hydroxylation sites is 1. The van der Waals surface area contributed by atoms with Gasteiger partial charge in [-0.15, -0.1) is 0 Å². The van der Waals surface area contributed by atoms with Crippen molar-refractivity contribution in [1.82, 2.24) is 0 Å². The van der Waals surface area contributed by atoms with E-state index in [1.165, 1.54) is 6.26 Å². The van der Waals surface area contributed by atoms with Crippen molar-refractivity contribution in [3.05, 3.63) is 65.2 Å². The van der Waals surface area contributed by atoms with Crippen LogP contribution in [0.3, 0.4) is 0 Å². The minimum absolute atomic E-state index is 0.0520. The number of hydrogen-bond acceptors (Lipinski definition) is 5. The van der Waals surface area contributed by atoms with E-state index in [2.05, 4.69) is 0 Å². The van der Waals surface area contributed by atoms with Crippen molar-refractivity contribution < 1.29 is 22.7 Å². The van der Waals surface area contributed by atoms with Crippen molar-refractivity contribution in [3.63, 3.8) is 0 Å². The number of benzene rings is 2. The maximum atomic E-state index is 12.0. The molecule has 0 bridgehead atoms. The summed E-state index contributed by atoms with van der Waals surface area (Å²) < 4.78 is 32.9. The first-order valence-electron chi connectivity index (χ1n) is 6.95.